The molecular formula is C30H27N3O5. The average molecular weight is 510 g/mol. The molecule has 1 atom stereocenters. The van der Waals surface area contributed by atoms with E-state index < -0.39 is 17.7 Å². The van der Waals surface area contributed by atoms with Crippen LogP contribution in [0.5, 0.6) is 11.5 Å². The van der Waals surface area contributed by atoms with E-state index in [1.54, 1.807) is 49.6 Å². The Bertz CT molecular complexity index is 1640. The largest absolute Gasteiger partial charge is 0.507 e. The van der Waals surface area contributed by atoms with Crippen molar-refractivity contribution < 1.29 is 24.2 Å². The SMILES string of the molecule is COc1cccc(N2C(=O)C(=O)/C(=C(/O)c3ccc4c(c3)N(C)CCO4)C2c2c(C)[nH]c3ccccc23)c1. The van der Waals surface area contributed by atoms with E-state index in [-0.39, 0.29) is 11.3 Å². The van der Waals surface area contributed by atoms with Crippen LogP contribution in [0.1, 0.15) is 22.9 Å². The lowest BCUT2D eigenvalue weighted by atomic mass is 9.93. The Balaban J connectivity index is 1.61. The summed E-state index contributed by atoms with van der Waals surface area (Å²) >= 11 is 0. The maximum Gasteiger partial charge on any atom is 0.300 e. The van der Waals surface area contributed by atoms with E-state index in [1.807, 2.05) is 43.1 Å². The molecule has 0 bridgehead atoms. The maximum atomic E-state index is 13.7. The van der Waals surface area contributed by atoms with Crippen LogP contribution in [0.25, 0.3) is 16.7 Å². The van der Waals surface area contributed by atoms with Crippen molar-refractivity contribution in [1.82, 2.24) is 4.98 Å². The highest BCUT2D eigenvalue weighted by molar-refractivity contribution is 6.52. The van der Waals surface area contributed by atoms with E-state index in [0.29, 0.717) is 35.9 Å². The normalized spacial score (nSPS) is 18.6. The summed E-state index contributed by atoms with van der Waals surface area (Å²) in [6, 6.07) is 19.2. The third-order valence-corrected chi connectivity index (χ3v) is 7.32. The van der Waals surface area contributed by atoms with Gasteiger partial charge in [-0.2, -0.15) is 0 Å². The van der Waals surface area contributed by atoms with Gasteiger partial charge < -0.3 is 24.5 Å². The van der Waals surface area contributed by atoms with Crippen LogP contribution in [0, 0.1) is 6.92 Å². The van der Waals surface area contributed by atoms with Gasteiger partial charge in [-0.1, -0.05) is 24.3 Å². The number of methoxy groups -OCH3 is 1. The number of anilines is 2. The molecule has 0 saturated carbocycles. The first-order valence-corrected chi connectivity index (χ1v) is 12.4. The third-order valence-electron chi connectivity index (χ3n) is 7.32. The number of nitrogens with zero attached hydrogens (tertiary/aromatic N) is 2. The lowest BCUT2D eigenvalue weighted by Crippen LogP contribution is -2.29. The Kier molecular flexibility index (Phi) is 5.60. The van der Waals surface area contributed by atoms with Crippen molar-refractivity contribution in [3.8, 4) is 11.5 Å². The summed E-state index contributed by atoms with van der Waals surface area (Å²) in [5.74, 6) is -0.437. The Morgan fingerprint density at radius 2 is 1.89 bits per heavy atom. The lowest BCUT2D eigenvalue weighted by molar-refractivity contribution is -0.132. The number of ketones is 1. The number of amides is 1. The fourth-order valence-corrected chi connectivity index (χ4v) is 5.44. The number of carbonyl (C=O) groups is 2. The second-order valence-electron chi connectivity index (χ2n) is 9.53. The van der Waals surface area contributed by atoms with Crippen LogP contribution in [-0.4, -0.2) is 49.1 Å². The molecule has 1 aromatic heterocycles. The van der Waals surface area contributed by atoms with Crippen molar-refractivity contribution in [1.29, 1.82) is 0 Å². The fraction of sp³-hybridized carbons (Fsp3) is 0.200. The van der Waals surface area contributed by atoms with Crippen LogP contribution in [0.2, 0.25) is 0 Å². The van der Waals surface area contributed by atoms with Crippen molar-refractivity contribution in [3.63, 3.8) is 0 Å². The van der Waals surface area contributed by atoms with Crippen molar-refractivity contribution in [2.24, 2.45) is 0 Å². The standard InChI is InChI=1S/C30H27N3O5/c1-17-25(21-9-4-5-10-22(21)31-17)27-26(28(34)18-11-12-24-23(15-18)32(2)13-14-38-24)29(35)30(36)33(27)19-7-6-8-20(16-19)37-3/h4-12,15-16,27,31,34H,13-14H2,1-3H3/b28-26+. The predicted molar refractivity (Wildman–Crippen MR) is 146 cm³/mol. The monoisotopic (exact) mass is 509 g/mol. The molecule has 8 heteroatoms. The molecule has 2 aliphatic heterocycles. The topological polar surface area (TPSA) is 95.1 Å². The number of Topliss-reactive ketones (excluding diaryl/α,β-unsaturated/α-hetero) is 1. The fourth-order valence-electron chi connectivity index (χ4n) is 5.44. The lowest BCUT2D eigenvalue weighted by Gasteiger charge is -2.28. The number of hydrogen-bond donors (Lipinski definition) is 2. The molecule has 1 unspecified atom stereocenters. The minimum absolute atomic E-state index is 0.0324. The summed E-state index contributed by atoms with van der Waals surface area (Å²) in [6.45, 7) is 3.18. The van der Waals surface area contributed by atoms with Crippen LogP contribution < -0.4 is 19.3 Å². The maximum absolute atomic E-state index is 13.7. The van der Waals surface area contributed by atoms with Gasteiger partial charge in [0.05, 0.1) is 31.0 Å². The van der Waals surface area contributed by atoms with Gasteiger partial charge in [-0.15, -0.1) is 0 Å². The number of H-pyrrole nitrogens is 1. The number of aliphatic hydroxyl groups excluding tert-OH is 1. The number of aromatic amines is 1. The molecule has 1 saturated heterocycles. The predicted octanol–water partition coefficient (Wildman–Crippen LogP) is 4.94. The number of ether oxygens (including phenoxy) is 2. The number of rotatable bonds is 4. The molecule has 0 radical (unpaired) electrons. The number of likely N-dealkylation sites (N-methyl/N-ethyl adjacent to an activating group) is 1. The second-order valence-corrected chi connectivity index (χ2v) is 9.53. The highest BCUT2D eigenvalue weighted by atomic mass is 16.5. The number of fused-ring (bicyclic) bond motifs is 2. The third kappa shape index (κ3) is 3.60. The van der Waals surface area contributed by atoms with Gasteiger partial charge in [0.1, 0.15) is 23.9 Å². The zero-order valence-electron chi connectivity index (χ0n) is 21.3. The number of benzene rings is 3. The summed E-state index contributed by atoms with van der Waals surface area (Å²) in [4.78, 5) is 34.2. The van der Waals surface area contributed by atoms with Crippen LogP contribution in [0.3, 0.4) is 0 Å². The summed E-state index contributed by atoms with van der Waals surface area (Å²) < 4.78 is 11.1. The Hall–Kier alpha value is -4.72. The van der Waals surface area contributed by atoms with E-state index in [0.717, 1.165) is 27.8 Å². The van der Waals surface area contributed by atoms with Gasteiger partial charge >= 0.3 is 0 Å². The number of aryl methyl sites for hydroxylation is 1. The summed E-state index contributed by atoms with van der Waals surface area (Å²) in [5.41, 5.74) is 4.21. The van der Waals surface area contributed by atoms with Crippen molar-refractivity contribution in [2.45, 2.75) is 13.0 Å². The molecule has 1 fully saturated rings. The zero-order chi connectivity index (χ0) is 26.6. The number of hydrogen-bond acceptors (Lipinski definition) is 6. The van der Waals surface area contributed by atoms with E-state index in [9.17, 15) is 14.7 Å². The Labute approximate surface area is 219 Å². The zero-order valence-corrected chi connectivity index (χ0v) is 21.3. The second kappa shape index (κ2) is 8.99. The number of aromatic nitrogens is 1. The molecule has 1 amide bonds. The molecule has 4 aromatic rings. The first kappa shape index (κ1) is 23.7. The quantitative estimate of drug-likeness (QED) is 0.230. The molecule has 6 rings (SSSR count). The highest BCUT2D eigenvalue weighted by Crippen LogP contribution is 2.46. The van der Waals surface area contributed by atoms with Gasteiger partial charge in [-0.3, -0.25) is 14.5 Å². The van der Waals surface area contributed by atoms with Crippen molar-refractivity contribution in [2.75, 3.05) is 37.1 Å². The van der Waals surface area contributed by atoms with Crippen molar-refractivity contribution in [3.05, 3.63) is 89.1 Å². The smallest absolute Gasteiger partial charge is 0.300 e. The number of para-hydroxylation sites is 1. The van der Waals surface area contributed by atoms with Gasteiger partial charge in [-0.25, -0.2) is 0 Å². The first-order valence-electron chi connectivity index (χ1n) is 12.4. The molecule has 2 N–H and O–H groups in total. The van der Waals surface area contributed by atoms with E-state index in [1.165, 1.54) is 4.90 Å². The minimum Gasteiger partial charge on any atom is -0.507 e. The Morgan fingerprint density at radius 3 is 2.71 bits per heavy atom. The average Bonchev–Trinajstić information content (AvgIpc) is 3.40. The van der Waals surface area contributed by atoms with E-state index in [4.69, 9.17) is 9.47 Å². The molecule has 0 spiro atoms. The molecule has 192 valence electrons. The van der Waals surface area contributed by atoms with Crippen LogP contribution >= 0.6 is 0 Å². The summed E-state index contributed by atoms with van der Waals surface area (Å²) in [7, 11) is 3.49. The van der Waals surface area contributed by atoms with Crippen LogP contribution in [-0.2, 0) is 9.59 Å². The van der Waals surface area contributed by atoms with Crippen LogP contribution in [0.4, 0.5) is 11.4 Å². The molecule has 8 nitrogen and oxygen atoms in total. The van der Waals surface area contributed by atoms with E-state index in [2.05, 4.69) is 4.98 Å². The minimum atomic E-state index is -0.858. The summed E-state index contributed by atoms with van der Waals surface area (Å²) in [6.07, 6.45) is 0. The molecule has 3 heterocycles. The van der Waals surface area contributed by atoms with E-state index >= 15 is 0 Å². The van der Waals surface area contributed by atoms with Gasteiger partial charge in [0.25, 0.3) is 11.7 Å². The number of nitrogens with one attached hydrogen (secondary N) is 1. The molecule has 0 aliphatic carbocycles. The molecule has 2 aliphatic rings. The first-order chi connectivity index (χ1) is 18.4. The molecular weight excluding hydrogens is 482 g/mol. The molecule has 3 aromatic carbocycles. The number of carbonyl (C=O) groups excluding carboxylic acids is 2. The highest BCUT2D eigenvalue weighted by Gasteiger charge is 2.48. The number of aliphatic hydroxyl groups is 1. The van der Waals surface area contributed by atoms with Crippen molar-refractivity contribution >= 4 is 39.7 Å². The van der Waals surface area contributed by atoms with Gasteiger partial charge in [0.2, 0.25) is 0 Å². The molecule has 38 heavy (non-hydrogen) atoms. The van der Waals surface area contributed by atoms with Gasteiger partial charge in [0, 0.05) is 46.5 Å². The van der Waals surface area contributed by atoms with Gasteiger partial charge in [0.15, 0.2) is 0 Å². The Morgan fingerprint density at radius 1 is 1.08 bits per heavy atom. The van der Waals surface area contributed by atoms with Crippen LogP contribution in [0.15, 0.2) is 72.3 Å². The summed E-state index contributed by atoms with van der Waals surface area (Å²) in [5, 5.41) is 12.5. The van der Waals surface area contributed by atoms with Gasteiger partial charge in [-0.05, 0) is 43.3 Å².